The van der Waals surface area contributed by atoms with Gasteiger partial charge in [-0.05, 0) is 77.6 Å². The molecule has 4 rings (SSSR count). The molecule has 0 heterocycles. The highest BCUT2D eigenvalue weighted by Gasteiger charge is 2.29. The number of allylic oxidation sites excluding steroid dienone is 1. The van der Waals surface area contributed by atoms with Crippen LogP contribution < -0.4 is 5.73 Å². The van der Waals surface area contributed by atoms with Crippen LogP contribution in [0, 0.1) is 13.8 Å². The minimum Gasteiger partial charge on any atom is -0.267 e. The molecule has 1 amide bonds. The van der Waals surface area contributed by atoms with Gasteiger partial charge in [0.2, 0.25) is 0 Å². The highest BCUT2D eigenvalue weighted by atomic mass is 16.1. The molecule has 1 N–H and O–H groups in total. The fraction of sp³-hybridized carbons (Fsp3) is 0.250. The fourth-order valence-electron chi connectivity index (χ4n) is 4.17. The van der Waals surface area contributed by atoms with Gasteiger partial charge in [0.05, 0.1) is 5.56 Å². The Kier molecular flexibility index (Phi) is 2.77. The zero-order chi connectivity index (χ0) is 15.4. The summed E-state index contributed by atoms with van der Waals surface area (Å²) in [6, 6.07) is 6.30. The third kappa shape index (κ3) is 1.64. The highest BCUT2D eigenvalue weighted by Crippen LogP contribution is 2.42. The number of hydrogen-bond donors (Lipinski definition) is 0. The number of amides is 1. The summed E-state index contributed by atoms with van der Waals surface area (Å²) in [5.41, 5.74) is 17.9. The van der Waals surface area contributed by atoms with Gasteiger partial charge in [-0.3, -0.25) is 10.5 Å². The maximum atomic E-state index is 12.1. The Morgan fingerprint density at radius 3 is 2.64 bits per heavy atom. The van der Waals surface area contributed by atoms with E-state index >= 15 is 0 Å². The van der Waals surface area contributed by atoms with Crippen LogP contribution in [-0.4, -0.2) is 5.91 Å². The van der Waals surface area contributed by atoms with Crippen LogP contribution in [0.2, 0.25) is 0 Å². The molecule has 2 bridgehead atoms. The normalized spacial score (nSPS) is 14.5. The van der Waals surface area contributed by atoms with Gasteiger partial charge in [0.25, 0.3) is 5.91 Å². The zero-order valence-corrected chi connectivity index (χ0v) is 12.9. The van der Waals surface area contributed by atoms with Gasteiger partial charge in [-0.2, -0.15) is 0 Å². The molecule has 109 valence electrons. The minimum atomic E-state index is -0.552. The Labute approximate surface area is 130 Å². The van der Waals surface area contributed by atoms with Crippen LogP contribution >= 0.6 is 0 Å². The Hall–Kier alpha value is -2.35. The maximum Gasteiger partial charge on any atom is 0.270 e. The lowest BCUT2D eigenvalue weighted by Crippen LogP contribution is -2.09. The lowest BCUT2D eigenvalue weighted by atomic mass is 9.85. The lowest BCUT2D eigenvalue weighted by Gasteiger charge is -2.18. The predicted octanol–water partition coefficient (Wildman–Crippen LogP) is 4.06. The van der Waals surface area contributed by atoms with Gasteiger partial charge in [-0.15, -0.1) is 0 Å². The van der Waals surface area contributed by atoms with E-state index in [2.05, 4.69) is 44.2 Å². The molecule has 22 heavy (non-hydrogen) atoms. The van der Waals surface area contributed by atoms with Crippen molar-refractivity contribution in [2.24, 2.45) is 0 Å². The molecule has 2 nitrogen and oxygen atoms in total. The summed E-state index contributed by atoms with van der Waals surface area (Å²) in [5.74, 6) is -0.552. The highest BCUT2D eigenvalue weighted by molar-refractivity contribution is 6.04. The van der Waals surface area contributed by atoms with E-state index in [1.807, 2.05) is 0 Å². The molecule has 1 radical (unpaired) electrons. The second-order valence-electron chi connectivity index (χ2n) is 6.27. The predicted molar refractivity (Wildman–Crippen MR) is 88.9 cm³/mol. The van der Waals surface area contributed by atoms with Gasteiger partial charge in [-0.25, -0.2) is 0 Å². The van der Waals surface area contributed by atoms with Crippen molar-refractivity contribution < 1.29 is 4.79 Å². The van der Waals surface area contributed by atoms with Crippen molar-refractivity contribution in [2.75, 3.05) is 0 Å². The first-order chi connectivity index (χ1) is 10.6. The second-order valence-corrected chi connectivity index (χ2v) is 6.27. The molecule has 0 unspecified atom stereocenters. The monoisotopic (exact) mass is 288 g/mol. The van der Waals surface area contributed by atoms with Gasteiger partial charge in [-0.1, -0.05) is 30.4 Å². The molecule has 0 atom stereocenters. The molecule has 0 saturated heterocycles. The molecule has 0 aliphatic heterocycles. The van der Waals surface area contributed by atoms with Crippen LogP contribution in [-0.2, 0) is 19.3 Å². The molecule has 0 spiro atoms. The van der Waals surface area contributed by atoms with Crippen molar-refractivity contribution in [3.63, 3.8) is 0 Å². The second kappa shape index (κ2) is 4.57. The lowest BCUT2D eigenvalue weighted by molar-refractivity contribution is 0.0992. The van der Waals surface area contributed by atoms with Crippen molar-refractivity contribution in [2.45, 2.75) is 33.1 Å². The van der Waals surface area contributed by atoms with Crippen LogP contribution in [0.4, 0.5) is 0 Å². The third-order valence-electron chi connectivity index (χ3n) is 5.22. The summed E-state index contributed by atoms with van der Waals surface area (Å²) in [5, 5.41) is 0. The number of carbonyl (C=O) groups excluding carboxylic acids is 1. The van der Waals surface area contributed by atoms with Crippen molar-refractivity contribution in [1.82, 2.24) is 5.73 Å². The summed E-state index contributed by atoms with van der Waals surface area (Å²) < 4.78 is 0. The van der Waals surface area contributed by atoms with Crippen molar-refractivity contribution in [1.29, 1.82) is 0 Å². The van der Waals surface area contributed by atoms with Crippen LogP contribution in [0.1, 0.15) is 43.7 Å². The topological polar surface area (TPSA) is 40.9 Å². The largest absolute Gasteiger partial charge is 0.270 e. The van der Waals surface area contributed by atoms with E-state index in [9.17, 15) is 4.79 Å². The van der Waals surface area contributed by atoms with Crippen molar-refractivity contribution >= 4 is 12.0 Å². The third-order valence-corrected chi connectivity index (χ3v) is 5.22. The standard InChI is InChI=1S/C20H18NO/c1-11-14-9-10-15(11)19(20(21)22)18(12(14)2)17-8-4-6-13-5-3-7-16(13)17/h3-4,6-8,21H,5,9-10H2,1-2H3. The zero-order valence-electron chi connectivity index (χ0n) is 12.9. The van der Waals surface area contributed by atoms with Gasteiger partial charge in [0.1, 0.15) is 0 Å². The first-order valence-electron chi connectivity index (χ1n) is 7.79. The quantitative estimate of drug-likeness (QED) is 0.821. The number of benzene rings is 2. The average Bonchev–Trinajstić information content (AvgIpc) is 3.06. The first-order valence-corrected chi connectivity index (χ1v) is 7.79. The van der Waals surface area contributed by atoms with E-state index < -0.39 is 5.91 Å². The number of fused-ring (bicyclic) bond motifs is 3. The first kappa shape index (κ1) is 13.3. The molecule has 2 aromatic carbocycles. The van der Waals surface area contributed by atoms with E-state index in [1.165, 1.54) is 27.8 Å². The Morgan fingerprint density at radius 2 is 1.86 bits per heavy atom. The van der Waals surface area contributed by atoms with Gasteiger partial charge in [0.15, 0.2) is 0 Å². The van der Waals surface area contributed by atoms with E-state index in [-0.39, 0.29) is 0 Å². The number of rotatable bonds is 2. The van der Waals surface area contributed by atoms with Crippen LogP contribution in [0.3, 0.4) is 0 Å². The van der Waals surface area contributed by atoms with Gasteiger partial charge in [0, 0.05) is 0 Å². The van der Waals surface area contributed by atoms with Crippen molar-refractivity contribution in [3.8, 4) is 11.1 Å². The number of nitrogens with one attached hydrogen (secondary N) is 1. The van der Waals surface area contributed by atoms with E-state index in [1.54, 1.807) is 0 Å². The molecule has 0 aromatic heterocycles. The SMILES string of the molecule is Cc1c2c(C)c(-c3cccc4c3C=CC4)c(C([NH])=O)c1CC2. The van der Waals surface area contributed by atoms with E-state index in [4.69, 9.17) is 5.73 Å². The molecule has 0 fully saturated rings. The molecule has 0 saturated carbocycles. The Bertz CT molecular complexity index is 859. The molecule has 2 aliphatic rings. The minimum absolute atomic E-state index is 0.552. The van der Waals surface area contributed by atoms with Gasteiger partial charge < -0.3 is 0 Å². The number of hydrogen-bond acceptors (Lipinski definition) is 1. The molecular formula is C20H18NO. The fourth-order valence-corrected chi connectivity index (χ4v) is 4.17. The molecule has 2 aliphatic carbocycles. The average molecular weight is 288 g/mol. The summed E-state index contributed by atoms with van der Waals surface area (Å²) in [6.07, 6.45) is 7.17. The summed E-state index contributed by atoms with van der Waals surface area (Å²) in [6.45, 7) is 4.20. The van der Waals surface area contributed by atoms with Crippen LogP contribution in [0.15, 0.2) is 24.3 Å². The number of carbonyl (C=O) groups is 1. The maximum absolute atomic E-state index is 12.1. The molecular weight excluding hydrogens is 270 g/mol. The van der Waals surface area contributed by atoms with E-state index in [0.29, 0.717) is 5.56 Å². The Morgan fingerprint density at radius 1 is 1.09 bits per heavy atom. The smallest absolute Gasteiger partial charge is 0.267 e. The van der Waals surface area contributed by atoms with Gasteiger partial charge >= 0.3 is 0 Å². The van der Waals surface area contributed by atoms with Crippen LogP contribution in [0.25, 0.3) is 17.2 Å². The molecule has 2 heteroatoms. The summed E-state index contributed by atoms with van der Waals surface area (Å²) in [7, 11) is 0. The Balaban J connectivity index is 2.11. The molecule has 2 aromatic rings. The van der Waals surface area contributed by atoms with Crippen molar-refractivity contribution in [3.05, 3.63) is 63.2 Å². The van der Waals surface area contributed by atoms with E-state index in [0.717, 1.165) is 36.0 Å². The van der Waals surface area contributed by atoms with Crippen LogP contribution in [0.5, 0.6) is 0 Å². The summed E-state index contributed by atoms with van der Waals surface area (Å²) in [4.78, 5) is 12.1. The summed E-state index contributed by atoms with van der Waals surface area (Å²) >= 11 is 0.